The third-order valence-electron chi connectivity index (χ3n) is 4.68. The number of nitrogens with one attached hydrogen (secondary N) is 1. The molecule has 1 atom stereocenters. The summed E-state index contributed by atoms with van der Waals surface area (Å²) < 4.78 is 0. The molecule has 1 saturated carbocycles. The molecule has 2 fully saturated rings. The predicted octanol–water partition coefficient (Wildman–Crippen LogP) is 2.05. The van der Waals surface area contributed by atoms with E-state index in [1.807, 2.05) is 0 Å². The maximum absolute atomic E-state index is 11.0. The molecule has 0 aromatic heterocycles. The highest BCUT2D eigenvalue weighted by Crippen LogP contribution is 2.44. The van der Waals surface area contributed by atoms with Gasteiger partial charge >= 0.3 is 0 Å². The molecule has 1 heterocycles. The van der Waals surface area contributed by atoms with Gasteiger partial charge in [-0.1, -0.05) is 6.42 Å². The highest BCUT2D eigenvalue weighted by molar-refractivity contribution is 5.45. The largest absolute Gasteiger partial charge is 0.508 e. The van der Waals surface area contributed by atoms with Gasteiger partial charge in [-0.05, 0) is 24.8 Å². The zero-order valence-corrected chi connectivity index (χ0v) is 12.0. The van der Waals surface area contributed by atoms with Gasteiger partial charge in [-0.2, -0.15) is 0 Å². The van der Waals surface area contributed by atoms with E-state index in [1.54, 1.807) is 6.07 Å². The van der Waals surface area contributed by atoms with Crippen LogP contribution in [-0.2, 0) is 0 Å². The topological polar surface area (TPSA) is 78.6 Å². The molecule has 3 rings (SSSR count). The van der Waals surface area contributed by atoms with E-state index in [1.165, 1.54) is 18.6 Å². The summed E-state index contributed by atoms with van der Waals surface area (Å²) >= 11 is 0. The number of piperazine rings is 1. The molecule has 6 heteroatoms. The maximum atomic E-state index is 11.0. The summed E-state index contributed by atoms with van der Waals surface area (Å²) in [6.45, 7) is 3.70. The molecule has 1 aromatic carbocycles. The van der Waals surface area contributed by atoms with E-state index >= 15 is 0 Å². The van der Waals surface area contributed by atoms with Gasteiger partial charge in [0.15, 0.2) is 0 Å². The molecule has 0 radical (unpaired) electrons. The van der Waals surface area contributed by atoms with Crippen molar-refractivity contribution in [2.75, 3.05) is 26.2 Å². The Labute approximate surface area is 123 Å². The second-order valence-electron chi connectivity index (χ2n) is 5.92. The van der Waals surface area contributed by atoms with Crippen molar-refractivity contribution in [3.63, 3.8) is 0 Å². The standard InChI is InChI=1S/C15H21N3O3/c19-14-5-4-12(18(20)21)10-13(14)15(11-2-1-3-11)17-8-6-16-7-9-17/h4-5,10-11,15-16,19H,1-3,6-9H2/t15-/m0/s1. The van der Waals surface area contributed by atoms with Crippen LogP contribution in [0.15, 0.2) is 18.2 Å². The zero-order valence-electron chi connectivity index (χ0n) is 12.0. The summed E-state index contributed by atoms with van der Waals surface area (Å²) in [6, 6.07) is 4.48. The number of nitro groups is 1. The van der Waals surface area contributed by atoms with Gasteiger partial charge in [-0.25, -0.2) is 0 Å². The van der Waals surface area contributed by atoms with Gasteiger partial charge in [0.1, 0.15) is 5.75 Å². The number of benzene rings is 1. The van der Waals surface area contributed by atoms with E-state index in [2.05, 4.69) is 10.2 Å². The highest BCUT2D eigenvalue weighted by Gasteiger charge is 2.35. The van der Waals surface area contributed by atoms with Crippen molar-refractivity contribution in [3.8, 4) is 5.75 Å². The normalized spacial score (nSPS) is 21.7. The van der Waals surface area contributed by atoms with Gasteiger partial charge in [-0.3, -0.25) is 15.0 Å². The summed E-state index contributed by atoms with van der Waals surface area (Å²) in [7, 11) is 0. The van der Waals surface area contributed by atoms with Crippen molar-refractivity contribution in [1.29, 1.82) is 0 Å². The van der Waals surface area contributed by atoms with Crippen LogP contribution in [0.3, 0.4) is 0 Å². The Morgan fingerprint density at radius 3 is 2.62 bits per heavy atom. The van der Waals surface area contributed by atoms with Crippen LogP contribution in [0.4, 0.5) is 5.69 Å². The maximum Gasteiger partial charge on any atom is 0.270 e. The number of nitro benzene ring substituents is 1. The Balaban J connectivity index is 1.94. The van der Waals surface area contributed by atoms with Crippen LogP contribution in [-0.4, -0.2) is 41.1 Å². The number of aromatic hydroxyl groups is 1. The molecular formula is C15H21N3O3. The van der Waals surface area contributed by atoms with Crippen molar-refractivity contribution < 1.29 is 10.0 Å². The van der Waals surface area contributed by atoms with Gasteiger partial charge in [0, 0.05) is 49.9 Å². The molecule has 0 bridgehead atoms. The first kappa shape index (κ1) is 14.3. The summed E-state index contributed by atoms with van der Waals surface area (Å²) in [5.41, 5.74) is 0.776. The van der Waals surface area contributed by atoms with Crippen molar-refractivity contribution in [3.05, 3.63) is 33.9 Å². The fourth-order valence-corrected chi connectivity index (χ4v) is 3.36. The lowest BCUT2D eigenvalue weighted by Crippen LogP contribution is -2.47. The minimum atomic E-state index is -0.390. The van der Waals surface area contributed by atoms with E-state index < -0.39 is 4.92 Å². The van der Waals surface area contributed by atoms with E-state index in [0.29, 0.717) is 5.92 Å². The fourth-order valence-electron chi connectivity index (χ4n) is 3.36. The molecule has 1 aliphatic heterocycles. The molecule has 21 heavy (non-hydrogen) atoms. The van der Waals surface area contributed by atoms with Gasteiger partial charge in [-0.15, -0.1) is 0 Å². The molecule has 0 amide bonds. The smallest absolute Gasteiger partial charge is 0.270 e. The molecule has 0 spiro atoms. The fraction of sp³-hybridized carbons (Fsp3) is 0.600. The van der Waals surface area contributed by atoms with E-state index in [-0.39, 0.29) is 17.5 Å². The first-order valence-corrected chi connectivity index (χ1v) is 7.59. The van der Waals surface area contributed by atoms with Crippen LogP contribution in [0.2, 0.25) is 0 Å². The monoisotopic (exact) mass is 291 g/mol. The lowest BCUT2D eigenvalue weighted by molar-refractivity contribution is -0.385. The van der Waals surface area contributed by atoms with Crippen LogP contribution < -0.4 is 5.32 Å². The second kappa shape index (κ2) is 5.99. The molecular weight excluding hydrogens is 270 g/mol. The summed E-state index contributed by atoms with van der Waals surface area (Å²) in [6.07, 6.45) is 3.48. The Hall–Kier alpha value is -1.66. The van der Waals surface area contributed by atoms with Gasteiger partial charge < -0.3 is 10.4 Å². The summed E-state index contributed by atoms with van der Waals surface area (Å²) in [5.74, 6) is 0.673. The third kappa shape index (κ3) is 2.87. The molecule has 2 aliphatic rings. The van der Waals surface area contributed by atoms with Crippen LogP contribution in [0.25, 0.3) is 0 Å². The number of hydrogen-bond acceptors (Lipinski definition) is 5. The van der Waals surface area contributed by atoms with Crippen LogP contribution >= 0.6 is 0 Å². The molecule has 1 saturated heterocycles. The van der Waals surface area contributed by atoms with Crippen LogP contribution in [0, 0.1) is 16.0 Å². The average Bonchev–Trinajstić information content (AvgIpc) is 2.44. The van der Waals surface area contributed by atoms with E-state index in [0.717, 1.165) is 44.6 Å². The van der Waals surface area contributed by atoms with Crippen molar-refractivity contribution >= 4 is 5.69 Å². The number of nitrogens with zero attached hydrogens (tertiary/aromatic N) is 2. The average molecular weight is 291 g/mol. The minimum Gasteiger partial charge on any atom is -0.508 e. The summed E-state index contributed by atoms with van der Waals surface area (Å²) in [4.78, 5) is 13.0. The Morgan fingerprint density at radius 1 is 1.33 bits per heavy atom. The zero-order chi connectivity index (χ0) is 14.8. The SMILES string of the molecule is O=[N+]([O-])c1ccc(O)c([C@H](C2CCC2)N2CCNCC2)c1. The quantitative estimate of drug-likeness (QED) is 0.655. The van der Waals surface area contributed by atoms with Crippen molar-refractivity contribution in [2.24, 2.45) is 5.92 Å². The highest BCUT2D eigenvalue weighted by atomic mass is 16.6. The van der Waals surface area contributed by atoms with E-state index in [4.69, 9.17) is 0 Å². The van der Waals surface area contributed by atoms with Crippen molar-refractivity contribution in [1.82, 2.24) is 10.2 Å². The van der Waals surface area contributed by atoms with Crippen molar-refractivity contribution in [2.45, 2.75) is 25.3 Å². The molecule has 1 aliphatic carbocycles. The number of rotatable bonds is 4. The predicted molar refractivity (Wildman–Crippen MR) is 79.3 cm³/mol. The number of phenols is 1. The minimum absolute atomic E-state index is 0.0576. The van der Waals surface area contributed by atoms with Gasteiger partial charge in [0.25, 0.3) is 5.69 Å². The summed E-state index contributed by atoms with van der Waals surface area (Å²) in [5, 5.41) is 24.6. The van der Waals surface area contributed by atoms with Gasteiger partial charge in [0.05, 0.1) is 4.92 Å². The number of hydrogen-bond donors (Lipinski definition) is 2. The molecule has 0 unspecified atom stereocenters. The Kier molecular flexibility index (Phi) is 4.07. The van der Waals surface area contributed by atoms with E-state index in [9.17, 15) is 15.2 Å². The molecule has 114 valence electrons. The van der Waals surface area contributed by atoms with Gasteiger partial charge in [0.2, 0.25) is 0 Å². The third-order valence-corrected chi connectivity index (χ3v) is 4.68. The first-order valence-electron chi connectivity index (χ1n) is 7.59. The second-order valence-corrected chi connectivity index (χ2v) is 5.92. The number of non-ortho nitro benzene ring substituents is 1. The van der Waals surface area contributed by atoms with Crippen LogP contribution in [0.1, 0.15) is 30.9 Å². The Bertz CT molecular complexity index is 525. The molecule has 2 N–H and O–H groups in total. The van der Waals surface area contributed by atoms with Crippen LogP contribution in [0.5, 0.6) is 5.75 Å². The molecule has 1 aromatic rings. The first-order chi connectivity index (χ1) is 10.2. The lowest BCUT2D eigenvalue weighted by Gasteiger charge is -2.43. The number of phenolic OH excluding ortho intramolecular Hbond substituents is 1. The lowest BCUT2D eigenvalue weighted by atomic mass is 9.76. The molecule has 6 nitrogen and oxygen atoms in total. The Morgan fingerprint density at radius 2 is 2.05 bits per heavy atom.